The van der Waals surface area contributed by atoms with Gasteiger partial charge in [0.2, 0.25) is 5.91 Å². The Balaban J connectivity index is 1.82. The second-order valence-corrected chi connectivity index (χ2v) is 7.19. The van der Waals surface area contributed by atoms with E-state index in [4.69, 9.17) is 0 Å². The zero-order valence-corrected chi connectivity index (χ0v) is 17.0. The fourth-order valence-electron chi connectivity index (χ4n) is 2.71. The van der Waals surface area contributed by atoms with Crippen LogP contribution in [0.25, 0.3) is 5.69 Å². The molecule has 2 amide bonds. The molecule has 0 radical (unpaired) electrons. The summed E-state index contributed by atoms with van der Waals surface area (Å²) in [5, 5.41) is 12.8. The lowest BCUT2D eigenvalue weighted by atomic mass is 10.1. The molecule has 10 heteroatoms. The van der Waals surface area contributed by atoms with Crippen LogP contribution in [0.5, 0.6) is 0 Å². The molecule has 0 unspecified atom stereocenters. The van der Waals surface area contributed by atoms with Crippen LogP contribution in [0.3, 0.4) is 0 Å². The van der Waals surface area contributed by atoms with Crippen molar-refractivity contribution in [1.29, 1.82) is 0 Å². The number of nitrogens with zero attached hydrogens (tertiary/aromatic N) is 3. The topological polar surface area (TPSA) is 88.9 Å². The fraction of sp³-hybridized carbons (Fsp3) is 0.238. The number of benzene rings is 2. The van der Waals surface area contributed by atoms with Crippen molar-refractivity contribution in [3.8, 4) is 5.69 Å². The molecule has 2 N–H and O–H groups in total. The summed E-state index contributed by atoms with van der Waals surface area (Å²) in [6, 6.07) is 9.90. The maximum absolute atomic E-state index is 13.2. The second kappa shape index (κ2) is 8.58. The van der Waals surface area contributed by atoms with Crippen molar-refractivity contribution < 1.29 is 22.8 Å². The summed E-state index contributed by atoms with van der Waals surface area (Å²) < 4.78 is 40.6. The van der Waals surface area contributed by atoms with E-state index in [1.54, 1.807) is 39.0 Å². The van der Waals surface area contributed by atoms with Gasteiger partial charge >= 0.3 is 6.18 Å². The molecule has 1 aromatic heterocycles. The Kier molecular flexibility index (Phi) is 6.09. The van der Waals surface area contributed by atoms with Crippen molar-refractivity contribution in [1.82, 2.24) is 15.0 Å². The monoisotopic (exact) mass is 431 g/mol. The zero-order chi connectivity index (χ0) is 22.8. The summed E-state index contributed by atoms with van der Waals surface area (Å²) in [5.74, 6) is -1.03. The van der Waals surface area contributed by atoms with Crippen molar-refractivity contribution >= 4 is 23.2 Å². The van der Waals surface area contributed by atoms with E-state index in [0.29, 0.717) is 11.4 Å². The molecular formula is C21H20F3N5O2. The number of anilines is 2. The standard InChI is InChI=1S/C21H20F3N5O2/c1-12(2)19(30)25-14-9-8-13(3)16(10-14)26-20(31)17-11-29(28-27-17)18-7-5-4-6-15(18)21(22,23)24/h4-12H,1-3H3,(H,25,30)(H,26,31). The quantitative estimate of drug-likeness (QED) is 0.625. The number of carbonyl (C=O) groups excluding carboxylic acids is 2. The number of rotatable bonds is 5. The van der Waals surface area contributed by atoms with Gasteiger partial charge in [0.05, 0.1) is 17.4 Å². The van der Waals surface area contributed by atoms with Crippen molar-refractivity contribution in [3.05, 3.63) is 65.5 Å². The maximum Gasteiger partial charge on any atom is 0.418 e. The predicted molar refractivity (Wildman–Crippen MR) is 109 cm³/mol. The first kappa shape index (κ1) is 22.0. The molecule has 0 atom stereocenters. The minimum absolute atomic E-state index is 0.159. The molecule has 3 aromatic rings. The summed E-state index contributed by atoms with van der Waals surface area (Å²) in [5.41, 5.74) is 0.366. The van der Waals surface area contributed by atoms with E-state index < -0.39 is 17.6 Å². The summed E-state index contributed by atoms with van der Waals surface area (Å²) in [4.78, 5) is 24.5. The average Bonchev–Trinajstić information content (AvgIpc) is 3.20. The maximum atomic E-state index is 13.2. The highest BCUT2D eigenvalue weighted by Crippen LogP contribution is 2.33. The van der Waals surface area contributed by atoms with Crippen LogP contribution in [0.4, 0.5) is 24.5 Å². The van der Waals surface area contributed by atoms with E-state index in [0.717, 1.165) is 22.5 Å². The number of halogens is 3. The molecule has 0 aliphatic carbocycles. The number of para-hydroxylation sites is 1. The minimum Gasteiger partial charge on any atom is -0.326 e. The number of amides is 2. The number of carbonyl (C=O) groups is 2. The van der Waals surface area contributed by atoms with Crippen LogP contribution in [0.2, 0.25) is 0 Å². The van der Waals surface area contributed by atoms with Crippen molar-refractivity contribution in [2.24, 2.45) is 5.92 Å². The highest BCUT2D eigenvalue weighted by Gasteiger charge is 2.34. The molecule has 0 saturated carbocycles. The number of hydrogen-bond acceptors (Lipinski definition) is 4. The Labute approximate surface area is 176 Å². The first-order valence-electron chi connectivity index (χ1n) is 9.38. The molecule has 1 heterocycles. The predicted octanol–water partition coefficient (Wildman–Crippen LogP) is 4.44. The van der Waals surface area contributed by atoms with Gasteiger partial charge in [-0.2, -0.15) is 13.2 Å². The van der Waals surface area contributed by atoms with Crippen LogP contribution >= 0.6 is 0 Å². The molecule has 2 aromatic carbocycles. The van der Waals surface area contributed by atoms with Gasteiger partial charge in [0.15, 0.2) is 5.69 Å². The summed E-state index contributed by atoms with van der Waals surface area (Å²) in [7, 11) is 0. The van der Waals surface area contributed by atoms with Crippen LogP contribution < -0.4 is 10.6 Å². The van der Waals surface area contributed by atoms with Gasteiger partial charge in [-0.3, -0.25) is 9.59 Å². The molecule has 7 nitrogen and oxygen atoms in total. The lowest BCUT2D eigenvalue weighted by Crippen LogP contribution is -2.18. The molecule has 3 rings (SSSR count). The second-order valence-electron chi connectivity index (χ2n) is 7.19. The van der Waals surface area contributed by atoms with Gasteiger partial charge in [-0.1, -0.05) is 37.3 Å². The number of nitrogens with one attached hydrogen (secondary N) is 2. The number of hydrogen-bond donors (Lipinski definition) is 2. The molecule has 0 bridgehead atoms. The molecule has 0 aliphatic rings. The molecule has 162 valence electrons. The third kappa shape index (κ3) is 5.08. The Hall–Kier alpha value is -3.69. The summed E-state index contributed by atoms with van der Waals surface area (Å²) in [6.45, 7) is 5.28. The minimum atomic E-state index is -4.58. The lowest BCUT2D eigenvalue weighted by molar-refractivity contribution is -0.137. The highest BCUT2D eigenvalue weighted by atomic mass is 19.4. The first-order valence-corrected chi connectivity index (χ1v) is 9.38. The Bertz CT molecular complexity index is 1120. The summed E-state index contributed by atoms with van der Waals surface area (Å²) >= 11 is 0. The normalized spacial score (nSPS) is 11.5. The van der Waals surface area contributed by atoms with Crippen LogP contribution in [0, 0.1) is 12.8 Å². The first-order chi connectivity index (χ1) is 14.6. The lowest BCUT2D eigenvalue weighted by Gasteiger charge is -2.12. The molecule has 0 fully saturated rings. The van der Waals surface area contributed by atoms with E-state index in [-0.39, 0.29) is 23.2 Å². The number of aryl methyl sites for hydroxylation is 1. The summed E-state index contributed by atoms with van der Waals surface area (Å²) in [6.07, 6.45) is -3.46. The SMILES string of the molecule is Cc1ccc(NC(=O)C(C)C)cc1NC(=O)c1cn(-c2ccccc2C(F)(F)F)nn1. The van der Waals surface area contributed by atoms with Gasteiger partial charge in [0.25, 0.3) is 5.91 Å². The van der Waals surface area contributed by atoms with Crippen molar-refractivity contribution in [2.75, 3.05) is 10.6 Å². The van der Waals surface area contributed by atoms with Crippen molar-refractivity contribution in [2.45, 2.75) is 26.9 Å². The van der Waals surface area contributed by atoms with Crippen LogP contribution in [0.15, 0.2) is 48.7 Å². The Morgan fingerprint density at radius 3 is 2.45 bits per heavy atom. The molecule has 0 spiro atoms. The van der Waals surface area contributed by atoms with Gasteiger partial charge in [-0.15, -0.1) is 5.10 Å². The zero-order valence-electron chi connectivity index (χ0n) is 17.0. The van der Waals surface area contributed by atoms with Gasteiger partial charge in [0.1, 0.15) is 0 Å². The van der Waals surface area contributed by atoms with Gasteiger partial charge in [-0.25, -0.2) is 4.68 Å². The van der Waals surface area contributed by atoms with Gasteiger partial charge in [-0.05, 0) is 36.8 Å². The van der Waals surface area contributed by atoms with Crippen LogP contribution in [0.1, 0.15) is 35.5 Å². The van der Waals surface area contributed by atoms with Gasteiger partial charge in [0, 0.05) is 17.3 Å². The average molecular weight is 431 g/mol. The molecular weight excluding hydrogens is 411 g/mol. The van der Waals surface area contributed by atoms with Crippen molar-refractivity contribution in [3.63, 3.8) is 0 Å². The number of alkyl halides is 3. The number of aromatic nitrogens is 3. The van der Waals surface area contributed by atoms with Gasteiger partial charge < -0.3 is 10.6 Å². The van der Waals surface area contributed by atoms with Crippen LogP contribution in [-0.2, 0) is 11.0 Å². The van der Waals surface area contributed by atoms with E-state index in [2.05, 4.69) is 20.9 Å². The fourth-order valence-corrected chi connectivity index (χ4v) is 2.71. The molecule has 0 saturated heterocycles. The Morgan fingerprint density at radius 1 is 1.06 bits per heavy atom. The molecule has 0 aliphatic heterocycles. The van der Waals surface area contributed by atoms with E-state index in [1.165, 1.54) is 18.2 Å². The van der Waals surface area contributed by atoms with Crippen LogP contribution in [-0.4, -0.2) is 26.8 Å². The molecule has 31 heavy (non-hydrogen) atoms. The van der Waals surface area contributed by atoms with E-state index >= 15 is 0 Å². The third-order valence-electron chi connectivity index (χ3n) is 4.46. The third-order valence-corrected chi connectivity index (χ3v) is 4.46. The van der Waals surface area contributed by atoms with E-state index in [1.807, 2.05) is 0 Å². The Morgan fingerprint density at radius 2 is 1.77 bits per heavy atom. The highest BCUT2D eigenvalue weighted by molar-refractivity contribution is 6.03. The van der Waals surface area contributed by atoms with E-state index in [9.17, 15) is 22.8 Å². The smallest absolute Gasteiger partial charge is 0.326 e. The largest absolute Gasteiger partial charge is 0.418 e.